The SMILES string of the molecule is CC(Cc1ccc(F)cc1)Nc1ccc(F)c([N+](=O)[O-])c1. The zero-order chi connectivity index (χ0) is 15.4. The summed E-state index contributed by atoms with van der Waals surface area (Å²) in [5.74, 6) is -1.16. The molecule has 2 aromatic rings. The molecule has 4 nitrogen and oxygen atoms in total. The topological polar surface area (TPSA) is 55.2 Å². The number of nitrogens with zero attached hydrogens (tertiary/aromatic N) is 1. The van der Waals surface area contributed by atoms with Crippen LogP contribution in [0.4, 0.5) is 20.2 Å². The van der Waals surface area contributed by atoms with Crippen LogP contribution in [0.15, 0.2) is 42.5 Å². The highest BCUT2D eigenvalue weighted by molar-refractivity contribution is 5.52. The summed E-state index contributed by atoms with van der Waals surface area (Å²) in [6, 6.07) is 9.75. The maximum Gasteiger partial charge on any atom is 0.306 e. The molecule has 110 valence electrons. The van der Waals surface area contributed by atoms with E-state index in [0.29, 0.717) is 12.1 Å². The van der Waals surface area contributed by atoms with Crippen LogP contribution in [0.3, 0.4) is 0 Å². The molecule has 0 bridgehead atoms. The van der Waals surface area contributed by atoms with E-state index in [4.69, 9.17) is 0 Å². The third-order valence-corrected chi connectivity index (χ3v) is 3.01. The number of nitrogens with one attached hydrogen (secondary N) is 1. The minimum Gasteiger partial charge on any atom is -0.382 e. The third kappa shape index (κ3) is 3.98. The number of nitro benzene ring substituents is 1. The molecule has 1 N–H and O–H groups in total. The Morgan fingerprint density at radius 3 is 2.48 bits per heavy atom. The number of hydrogen-bond donors (Lipinski definition) is 1. The van der Waals surface area contributed by atoms with Gasteiger partial charge >= 0.3 is 5.69 Å². The van der Waals surface area contributed by atoms with Crippen molar-refractivity contribution in [1.82, 2.24) is 0 Å². The Kier molecular flexibility index (Phi) is 4.47. The summed E-state index contributed by atoms with van der Waals surface area (Å²) in [6.45, 7) is 1.89. The molecule has 0 aliphatic heterocycles. The quantitative estimate of drug-likeness (QED) is 0.671. The predicted octanol–water partition coefficient (Wildman–Crippen LogP) is 3.92. The zero-order valence-electron chi connectivity index (χ0n) is 11.3. The van der Waals surface area contributed by atoms with Gasteiger partial charge in [0.05, 0.1) is 4.92 Å². The fraction of sp³-hybridized carbons (Fsp3) is 0.200. The molecular formula is C15H14F2N2O2. The largest absolute Gasteiger partial charge is 0.382 e. The van der Waals surface area contributed by atoms with Crippen molar-refractivity contribution < 1.29 is 13.7 Å². The third-order valence-electron chi connectivity index (χ3n) is 3.01. The highest BCUT2D eigenvalue weighted by atomic mass is 19.1. The van der Waals surface area contributed by atoms with E-state index in [2.05, 4.69) is 5.32 Å². The van der Waals surface area contributed by atoms with Crippen molar-refractivity contribution in [2.24, 2.45) is 0 Å². The van der Waals surface area contributed by atoms with Crippen molar-refractivity contribution in [3.05, 3.63) is 69.8 Å². The monoisotopic (exact) mass is 292 g/mol. The zero-order valence-corrected chi connectivity index (χ0v) is 11.3. The lowest BCUT2D eigenvalue weighted by atomic mass is 10.1. The van der Waals surface area contributed by atoms with Crippen LogP contribution in [0, 0.1) is 21.7 Å². The van der Waals surface area contributed by atoms with E-state index in [1.54, 1.807) is 12.1 Å². The first-order valence-electron chi connectivity index (χ1n) is 6.40. The van der Waals surface area contributed by atoms with E-state index in [1.165, 1.54) is 18.2 Å². The highest BCUT2D eigenvalue weighted by Gasteiger charge is 2.15. The molecule has 1 atom stereocenters. The minimum absolute atomic E-state index is 0.0412. The Balaban J connectivity index is 2.05. The van der Waals surface area contributed by atoms with Crippen LogP contribution < -0.4 is 5.32 Å². The molecule has 0 amide bonds. The van der Waals surface area contributed by atoms with E-state index in [-0.39, 0.29) is 11.9 Å². The average Bonchev–Trinajstić information content (AvgIpc) is 2.43. The Labute approximate surface area is 120 Å². The summed E-state index contributed by atoms with van der Waals surface area (Å²) in [7, 11) is 0. The molecule has 6 heteroatoms. The van der Waals surface area contributed by atoms with Crippen molar-refractivity contribution >= 4 is 11.4 Å². The molecule has 0 aromatic heterocycles. The molecule has 0 aliphatic carbocycles. The van der Waals surface area contributed by atoms with Gasteiger partial charge in [-0.2, -0.15) is 4.39 Å². The van der Waals surface area contributed by atoms with Gasteiger partial charge in [-0.1, -0.05) is 12.1 Å². The second-order valence-electron chi connectivity index (χ2n) is 4.80. The Morgan fingerprint density at radius 2 is 1.86 bits per heavy atom. The highest BCUT2D eigenvalue weighted by Crippen LogP contribution is 2.22. The molecule has 1 unspecified atom stereocenters. The van der Waals surface area contributed by atoms with Gasteiger partial charge in [-0.15, -0.1) is 0 Å². The maximum absolute atomic E-state index is 13.2. The van der Waals surface area contributed by atoms with Crippen molar-refractivity contribution in [1.29, 1.82) is 0 Å². The molecule has 2 rings (SSSR count). The Hall–Kier alpha value is -2.50. The fourth-order valence-electron chi connectivity index (χ4n) is 2.05. The summed E-state index contributed by atoms with van der Waals surface area (Å²) < 4.78 is 26.1. The molecule has 0 radical (unpaired) electrons. The van der Waals surface area contributed by atoms with Crippen LogP contribution in [0.2, 0.25) is 0 Å². The minimum atomic E-state index is -0.864. The molecule has 0 heterocycles. The van der Waals surface area contributed by atoms with Crippen molar-refractivity contribution in [3.8, 4) is 0 Å². The molecule has 0 aliphatic rings. The van der Waals surface area contributed by atoms with Crippen molar-refractivity contribution in [3.63, 3.8) is 0 Å². The van der Waals surface area contributed by atoms with Gasteiger partial charge in [0.15, 0.2) is 0 Å². The summed E-state index contributed by atoms with van der Waals surface area (Å²) in [5.41, 5.74) is 0.847. The lowest BCUT2D eigenvalue weighted by Crippen LogP contribution is -2.18. The van der Waals surface area contributed by atoms with Crippen LogP contribution in [0.25, 0.3) is 0 Å². The summed E-state index contributed by atoms with van der Waals surface area (Å²) in [6.07, 6.45) is 0.617. The first-order chi connectivity index (χ1) is 9.95. The molecule has 0 saturated heterocycles. The standard InChI is InChI=1S/C15H14F2N2O2/c1-10(8-11-2-4-12(16)5-3-11)18-13-6-7-14(17)15(9-13)19(20)21/h2-7,9-10,18H,8H2,1H3. The fourth-order valence-corrected chi connectivity index (χ4v) is 2.05. The van der Waals surface area contributed by atoms with Crippen LogP contribution in [-0.4, -0.2) is 11.0 Å². The van der Waals surface area contributed by atoms with E-state index in [0.717, 1.165) is 17.7 Å². The molecular weight excluding hydrogens is 278 g/mol. The lowest BCUT2D eigenvalue weighted by molar-refractivity contribution is -0.387. The smallest absolute Gasteiger partial charge is 0.306 e. The Bertz CT molecular complexity index is 645. The Morgan fingerprint density at radius 1 is 1.19 bits per heavy atom. The van der Waals surface area contributed by atoms with Gasteiger partial charge in [0.2, 0.25) is 5.82 Å². The second-order valence-corrected chi connectivity index (χ2v) is 4.80. The van der Waals surface area contributed by atoms with Crippen LogP contribution in [0.5, 0.6) is 0 Å². The van der Waals surface area contributed by atoms with Gasteiger partial charge < -0.3 is 5.32 Å². The van der Waals surface area contributed by atoms with E-state index < -0.39 is 16.4 Å². The van der Waals surface area contributed by atoms with Gasteiger partial charge in [-0.05, 0) is 43.2 Å². The number of rotatable bonds is 5. The van der Waals surface area contributed by atoms with E-state index >= 15 is 0 Å². The van der Waals surface area contributed by atoms with Gasteiger partial charge in [0.1, 0.15) is 5.82 Å². The van der Waals surface area contributed by atoms with Crippen molar-refractivity contribution in [2.45, 2.75) is 19.4 Å². The van der Waals surface area contributed by atoms with Crippen LogP contribution in [-0.2, 0) is 6.42 Å². The molecule has 0 spiro atoms. The van der Waals surface area contributed by atoms with Gasteiger partial charge in [-0.25, -0.2) is 4.39 Å². The summed E-state index contributed by atoms with van der Waals surface area (Å²) in [4.78, 5) is 9.93. The summed E-state index contributed by atoms with van der Waals surface area (Å²) in [5, 5.41) is 13.7. The predicted molar refractivity (Wildman–Crippen MR) is 76.2 cm³/mol. The van der Waals surface area contributed by atoms with Gasteiger partial charge in [-0.3, -0.25) is 10.1 Å². The maximum atomic E-state index is 13.2. The normalized spacial score (nSPS) is 12.0. The van der Waals surface area contributed by atoms with Crippen molar-refractivity contribution in [2.75, 3.05) is 5.32 Å². The first-order valence-corrected chi connectivity index (χ1v) is 6.40. The number of anilines is 1. The number of nitro groups is 1. The van der Waals surface area contributed by atoms with Crippen LogP contribution in [0.1, 0.15) is 12.5 Å². The number of hydrogen-bond acceptors (Lipinski definition) is 3. The lowest BCUT2D eigenvalue weighted by Gasteiger charge is -2.15. The molecule has 0 saturated carbocycles. The molecule has 2 aromatic carbocycles. The van der Waals surface area contributed by atoms with Crippen LogP contribution >= 0.6 is 0 Å². The molecule has 21 heavy (non-hydrogen) atoms. The second kappa shape index (κ2) is 6.30. The van der Waals surface area contributed by atoms with E-state index in [1.807, 2.05) is 6.92 Å². The first kappa shape index (κ1) is 14.9. The average molecular weight is 292 g/mol. The number of benzene rings is 2. The van der Waals surface area contributed by atoms with Gasteiger partial charge in [0.25, 0.3) is 0 Å². The molecule has 0 fully saturated rings. The van der Waals surface area contributed by atoms with Gasteiger partial charge in [0, 0.05) is 17.8 Å². The number of halogens is 2. The van der Waals surface area contributed by atoms with E-state index in [9.17, 15) is 18.9 Å². The summed E-state index contributed by atoms with van der Waals surface area (Å²) >= 11 is 0.